The van der Waals surface area contributed by atoms with E-state index in [9.17, 15) is 4.79 Å². The zero-order chi connectivity index (χ0) is 20.4. The number of nitrogens with zero attached hydrogens (tertiary/aromatic N) is 10. The van der Waals surface area contributed by atoms with Gasteiger partial charge in [0.25, 0.3) is 0 Å². The topological polar surface area (TPSA) is 111 Å². The monoisotopic (exact) mass is 396 g/mol. The number of aryl methyl sites for hydroxylation is 1. The Kier molecular flexibility index (Phi) is 5.19. The lowest BCUT2D eigenvalue weighted by atomic mass is 10.0. The molecule has 4 rings (SSSR count). The lowest BCUT2D eigenvalue weighted by molar-refractivity contribution is -0.133. The number of tetrazole rings is 1. The summed E-state index contributed by atoms with van der Waals surface area (Å²) in [6.07, 6.45) is 6.99. The summed E-state index contributed by atoms with van der Waals surface area (Å²) in [6.45, 7) is 5.42. The van der Waals surface area contributed by atoms with Crippen molar-refractivity contribution in [1.82, 2.24) is 44.9 Å². The minimum absolute atomic E-state index is 0.0169. The molecule has 1 aliphatic rings. The van der Waals surface area contributed by atoms with Crippen molar-refractivity contribution in [3.8, 4) is 5.82 Å². The average Bonchev–Trinajstić information content (AvgIpc) is 3.43. The molecule has 3 aromatic heterocycles. The van der Waals surface area contributed by atoms with Gasteiger partial charge in [0, 0.05) is 44.1 Å². The second-order valence-electron chi connectivity index (χ2n) is 7.25. The van der Waals surface area contributed by atoms with Crippen LogP contribution >= 0.6 is 0 Å². The van der Waals surface area contributed by atoms with Crippen molar-refractivity contribution >= 4 is 11.7 Å². The number of hydrogen-bond acceptors (Lipinski definition) is 8. The number of likely N-dealkylation sites (tertiary alicyclic amines) is 1. The quantitative estimate of drug-likeness (QED) is 0.609. The standard InChI is InChI=1S/C18H24N10O/c1-13-17(21-14(2)22-18(13)28-9-5-7-20-28)25(3)15-6-4-8-26(10-15)16(29)11-27-12-19-23-24-27/h5,7,9,12,15H,4,6,8,10-11H2,1-3H3. The summed E-state index contributed by atoms with van der Waals surface area (Å²) in [7, 11) is 2.03. The summed E-state index contributed by atoms with van der Waals surface area (Å²) in [5.74, 6) is 2.34. The average molecular weight is 396 g/mol. The first kappa shape index (κ1) is 19.0. The Hall–Kier alpha value is -3.37. The second kappa shape index (κ2) is 7.94. The molecule has 0 saturated carbocycles. The molecule has 1 fully saturated rings. The van der Waals surface area contributed by atoms with Gasteiger partial charge in [-0.15, -0.1) is 5.10 Å². The SMILES string of the molecule is Cc1nc(N(C)C2CCCN(C(=O)Cn3cnnn3)C2)c(C)c(-n2cccn2)n1. The molecule has 4 heterocycles. The Labute approximate surface area is 168 Å². The maximum Gasteiger partial charge on any atom is 0.244 e. The Morgan fingerprint density at radius 1 is 1.31 bits per heavy atom. The first-order valence-electron chi connectivity index (χ1n) is 9.59. The summed E-state index contributed by atoms with van der Waals surface area (Å²) in [4.78, 5) is 25.9. The van der Waals surface area contributed by atoms with Gasteiger partial charge in [-0.3, -0.25) is 4.79 Å². The molecule has 1 aliphatic heterocycles. The maximum absolute atomic E-state index is 12.7. The summed E-state index contributed by atoms with van der Waals surface area (Å²) < 4.78 is 3.20. The third-order valence-electron chi connectivity index (χ3n) is 5.25. The molecule has 0 radical (unpaired) electrons. The van der Waals surface area contributed by atoms with E-state index >= 15 is 0 Å². The molecule has 1 unspecified atom stereocenters. The minimum atomic E-state index is 0.0169. The Balaban J connectivity index is 1.53. The zero-order valence-electron chi connectivity index (χ0n) is 16.8. The van der Waals surface area contributed by atoms with Crippen LogP contribution in [-0.2, 0) is 11.3 Å². The number of anilines is 1. The fourth-order valence-corrected chi connectivity index (χ4v) is 3.72. The van der Waals surface area contributed by atoms with Gasteiger partial charge in [0.1, 0.15) is 24.5 Å². The van der Waals surface area contributed by atoms with Crippen LogP contribution in [0, 0.1) is 13.8 Å². The van der Waals surface area contributed by atoms with Crippen molar-refractivity contribution in [3.05, 3.63) is 36.2 Å². The number of likely N-dealkylation sites (N-methyl/N-ethyl adjacent to an activating group) is 1. The van der Waals surface area contributed by atoms with Crippen LogP contribution in [0.2, 0.25) is 0 Å². The lowest BCUT2D eigenvalue weighted by Crippen LogP contribution is -2.50. The van der Waals surface area contributed by atoms with E-state index in [0.29, 0.717) is 12.4 Å². The van der Waals surface area contributed by atoms with E-state index in [2.05, 4.69) is 35.5 Å². The van der Waals surface area contributed by atoms with Gasteiger partial charge in [0.2, 0.25) is 5.91 Å². The molecule has 3 aromatic rings. The molecule has 29 heavy (non-hydrogen) atoms. The highest BCUT2D eigenvalue weighted by atomic mass is 16.2. The van der Waals surface area contributed by atoms with Gasteiger partial charge in [-0.25, -0.2) is 19.3 Å². The van der Waals surface area contributed by atoms with E-state index in [1.165, 1.54) is 11.0 Å². The van der Waals surface area contributed by atoms with Gasteiger partial charge < -0.3 is 9.80 Å². The van der Waals surface area contributed by atoms with E-state index in [1.807, 2.05) is 38.1 Å². The van der Waals surface area contributed by atoms with Crippen molar-refractivity contribution in [1.29, 1.82) is 0 Å². The predicted octanol–water partition coefficient (Wildman–Crippen LogP) is 0.393. The molecule has 0 spiro atoms. The summed E-state index contributed by atoms with van der Waals surface area (Å²) in [5, 5.41) is 15.3. The number of carbonyl (C=O) groups excluding carboxylic acids is 1. The van der Waals surface area contributed by atoms with Gasteiger partial charge >= 0.3 is 0 Å². The highest BCUT2D eigenvalue weighted by Gasteiger charge is 2.28. The van der Waals surface area contributed by atoms with Crippen LogP contribution in [0.3, 0.4) is 0 Å². The van der Waals surface area contributed by atoms with E-state index in [1.54, 1.807) is 10.9 Å². The van der Waals surface area contributed by atoms with Crippen LogP contribution in [0.1, 0.15) is 24.2 Å². The molecular formula is C18H24N10O. The summed E-state index contributed by atoms with van der Waals surface area (Å²) in [6, 6.07) is 2.04. The van der Waals surface area contributed by atoms with Gasteiger partial charge in [-0.2, -0.15) is 5.10 Å². The molecule has 11 nitrogen and oxygen atoms in total. The van der Waals surface area contributed by atoms with E-state index < -0.39 is 0 Å². The smallest absolute Gasteiger partial charge is 0.244 e. The number of piperidine rings is 1. The van der Waals surface area contributed by atoms with Crippen LogP contribution in [0.5, 0.6) is 0 Å². The third-order valence-corrected chi connectivity index (χ3v) is 5.25. The number of rotatable bonds is 5. The first-order chi connectivity index (χ1) is 14.0. The summed E-state index contributed by atoms with van der Waals surface area (Å²) in [5.41, 5.74) is 0.957. The normalized spacial score (nSPS) is 16.8. The molecule has 0 bridgehead atoms. The van der Waals surface area contributed by atoms with Crippen molar-refractivity contribution in [2.45, 2.75) is 39.3 Å². The van der Waals surface area contributed by atoms with Crippen LogP contribution in [0.4, 0.5) is 5.82 Å². The molecule has 0 aliphatic carbocycles. The molecule has 152 valence electrons. The van der Waals surface area contributed by atoms with Crippen molar-refractivity contribution in [2.75, 3.05) is 25.0 Å². The fraction of sp³-hybridized carbons (Fsp3) is 0.500. The number of aromatic nitrogens is 8. The fourth-order valence-electron chi connectivity index (χ4n) is 3.72. The molecule has 1 saturated heterocycles. The number of hydrogen-bond donors (Lipinski definition) is 0. The number of carbonyl (C=O) groups is 1. The molecule has 1 atom stereocenters. The van der Waals surface area contributed by atoms with Crippen molar-refractivity contribution in [2.24, 2.45) is 0 Å². The predicted molar refractivity (Wildman–Crippen MR) is 104 cm³/mol. The number of amides is 1. The van der Waals surface area contributed by atoms with E-state index in [-0.39, 0.29) is 18.5 Å². The zero-order valence-corrected chi connectivity index (χ0v) is 16.8. The molecule has 11 heteroatoms. The van der Waals surface area contributed by atoms with Crippen LogP contribution in [0.15, 0.2) is 24.8 Å². The summed E-state index contributed by atoms with van der Waals surface area (Å²) >= 11 is 0. The largest absolute Gasteiger partial charge is 0.355 e. The Morgan fingerprint density at radius 3 is 2.90 bits per heavy atom. The van der Waals surface area contributed by atoms with Crippen molar-refractivity contribution < 1.29 is 4.79 Å². The molecule has 0 aromatic carbocycles. The first-order valence-corrected chi connectivity index (χ1v) is 9.59. The minimum Gasteiger partial charge on any atom is -0.355 e. The van der Waals surface area contributed by atoms with Crippen LogP contribution in [0.25, 0.3) is 5.82 Å². The van der Waals surface area contributed by atoms with E-state index in [0.717, 1.165) is 36.6 Å². The van der Waals surface area contributed by atoms with E-state index in [4.69, 9.17) is 0 Å². The van der Waals surface area contributed by atoms with Gasteiger partial charge in [-0.05, 0) is 43.2 Å². The van der Waals surface area contributed by atoms with Crippen LogP contribution < -0.4 is 4.90 Å². The Morgan fingerprint density at radius 2 is 2.17 bits per heavy atom. The second-order valence-corrected chi connectivity index (χ2v) is 7.25. The molecule has 0 N–H and O–H groups in total. The van der Waals surface area contributed by atoms with Gasteiger partial charge in [0.05, 0.1) is 0 Å². The molecular weight excluding hydrogens is 372 g/mol. The van der Waals surface area contributed by atoms with Crippen molar-refractivity contribution in [3.63, 3.8) is 0 Å². The van der Waals surface area contributed by atoms with Gasteiger partial charge in [0.15, 0.2) is 5.82 Å². The lowest BCUT2D eigenvalue weighted by Gasteiger charge is -2.38. The van der Waals surface area contributed by atoms with Crippen LogP contribution in [-0.4, -0.2) is 76.9 Å². The molecule has 1 amide bonds. The van der Waals surface area contributed by atoms with Gasteiger partial charge in [-0.1, -0.05) is 0 Å². The third kappa shape index (κ3) is 3.93. The Bertz CT molecular complexity index is 969. The highest BCUT2D eigenvalue weighted by molar-refractivity contribution is 5.76. The highest BCUT2D eigenvalue weighted by Crippen LogP contribution is 2.26. The maximum atomic E-state index is 12.7.